The zero-order valence-corrected chi connectivity index (χ0v) is 12.3. The van der Waals surface area contributed by atoms with Gasteiger partial charge in [-0.15, -0.1) is 0 Å². The number of hydrogen-bond donors (Lipinski definition) is 2. The molecule has 6 heteroatoms. The Labute approximate surface area is 132 Å². The smallest absolute Gasteiger partial charge is 0.314 e. The van der Waals surface area contributed by atoms with E-state index >= 15 is 0 Å². The van der Waals surface area contributed by atoms with Crippen molar-refractivity contribution >= 4 is 29.0 Å². The standard InChI is InChI=1S/C17H13N3O3/c1-11(21)13-5-3-7-15(9-13)20-17(23)16(22)19-14-6-2-4-12(8-14)10-18/h2-9H,1H3,(H,19,22)(H,20,23). The van der Waals surface area contributed by atoms with Gasteiger partial charge in [-0.1, -0.05) is 18.2 Å². The molecule has 0 aliphatic rings. The van der Waals surface area contributed by atoms with E-state index < -0.39 is 11.8 Å². The molecule has 0 unspecified atom stereocenters. The number of nitriles is 1. The first-order chi connectivity index (χ1) is 11.0. The second-order valence-corrected chi connectivity index (χ2v) is 4.74. The lowest BCUT2D eigenvalue weighted by atomic mass is 10.1. The van der Waals surface area contributed by atoms with Gasteiger partial charge in [-0.3, -0.25) is 14.4 Å². The Kier molecular flexibility index (Phi) is 4.85. The Morgan fingerprint density at radius 2 is 1.48 bits per heavy atom. The van der Waals surface area contributed by atoms with E-state index in [2.05, 4.69) is 10.6 Å². The summed E-state index contributed by atoms with van der Waals surface area (Å²) in [5.74, 6) is -1.87. The van der Waals surface area contributed by atoms with Crippen molar-refractivity contribution in [3.63, 3.8) is 0 Å². The molecule has 0 aliphatic carbocycles. The van der Waals surface area contributed by atoms with Gasteiger partial charge in [-0.05, 0) is 37.3 Å². The van der Waals surface area contributed by atoms with Crippen LogP contribution in [0.4, 0.5) is 11.4 Å². The van der Waals surface area contributed by atoms with Crippen molar-refractivity contribution in [2.75, 3.05) is 10.6 Å². The molecule has 6 nitrogen and oxygen atoms in total. The average Bonchev–Trinajstić information content (AvgIpc) is 2.55. The molecular formula is C17H13N3O3. The van der Waals surface area contributed by atoms with Gasteiger partial charge in [0.15, 0.2) is 5.78 Å². The fourth-order valence-electron chi connectivity index (χ4n) is 1.86. The highest BCUT2D eigenvalue weighted by Gasteiger charge is 2.14. The van der Waals surface area contributed by atoms with Crippen LogP contribution in [0.15, 0.2) is 48.5 Å². The fourth-order valence-corrected chi connectivity index (χ4v) is 1.86. The molecule has 0 heterocycles. The van der Waals surface area contributed by atoms with Crippen LogP contribution in [0.1, 0.15) is 22.8 Å². The number of nitrogens with one attached hydrogen (secondary N) is 2. The van der Waals surface area contributed by atoms with Gasteiger partial charge in [0, 0.05) is 16.9 Å². The molecule has 0 spiro atoms. The Hall–Kier alpha value is -3.46. The van der Waals surface area contributed by atoms with Crippen LogP contribution >= 0.6 is 0 Å². The number of carbonyl (C=O) groups excluding carboxylic acids is 3. The molecule has 0 radical (unpaired) electrons. The minimum Gasteiger partial charge on any atom is -0.318 e. The van der Waals surface area contributed by atoms with E-state index in [-0.39, 0.29) is 5.78 Å². The summed E-state index contributed by atoms with van der Waals surface area (Å²) in [6.07, 6.45) is 0. The maximum atomic E-state index is 11.9. The van der Waals surface area contributed by atoms with Crippen LogP contribution in [0.3, 0.4) is 0 Å². The molecule has 0 fully saturated rings. The van der Waals surface area contributed by atoms with Crippen molar-refractivity contribution in [1.82, 2.24) is 0 Å². The predicted octanol–water partition coefficient (Wildman–Crippen LogP) is 2.34. The topological polar surface area (TPSA) is 99.1 Å². The monoisotopic (exact) mass is 307 g/mol. The summed E-state index contributed by atoms with van der Waals surface area (Å²) in [6.45, 7) is 1.41. The molecule has 114 valence electrons. The van der Waals surface area contributed by atoms with Gasteiger partial charge in [0.25, 0.3) is 0 Å². The van der Waals surface area contributed by atoms with Gasteiger partial charge in [-0.2, -0.15) is 5.26 Å². The number of amides is 2. The maximum Gasteiger partial charge on any atom is 0.314 e. The quantitative estimate of drug-likeness (QED) is 0.671. The minimum atomic E-state index is -0.868. The average molecular weight is 307 g/mol. The number of hydrogen-bond acceptors (Lipinski definition) is 4. The molecule has 0 aromatic heterocycles. The summed E-state index contributed by atoms with van der Waals surface area (Å²) in [5.41, 5.74) is 1.51. The molecular weight excluding hydrogens is 294 g/mol. The number of Topliss-reactive ketones (excluding diaryl/α,β-unsaturated/α-hetero) is 1. The van der Waals surface area contributed by atoms with Crippen LogP contribution in [0.25, 0.3) is 0 Å². The number of rotatable bonds is 3. The fraction of sp³-hybridized carbons (Fsp3) is 0.0588. The SMILES string of the molecule is CC(=O)c1cccc(NC(=O)C(=O)Nc2cccc(C#N)c2)c1. The molecule has 0 atom stereocenters. The van der Waals surface area contributed by atoms with E-state index in [1.54, 1.807) is 36.4 Å². The molecule has 2 aromatic rings. The number of ketones is 1. The highest BCUT2D eigenvalue weighted by Crippen LogP contribution is 2.12. The van der Waals surface area contributed by atoms with Gasteiger partial charge in [0.05, 0.1) is 11.6 Å². The van der Waals surface area contributed by atoms with Crippen LogP contribution in [-0.4, -0.2) is 17.6 Å². The molecule has 2 N–H and O–H groups in total. The van der Waals surface area contributed by atoms with Crippen molar-refractivity contribution < 1.29 is 14.4 Å². The Morgan fingerprint density at radius 3 is 2.04 bits per heavy atom. The Bertz CT molecular complexity index is 822. The highest BCUT2D eigenvalue weighted by molar-refractivity contribution is 6.43. The normalized spacial score (nSPS) is 9.57. The molecule has 2 amide bonds. The molecule has 2 aromatic carbocycles. The second kappa shape index (κ2) is 7.00. The van der Waals surface area contributed by atoms with Gasteiger partial charge in [0.1, 0.15) is 0 Å². The van der Waals surface area contributed by atoms with E-state index in [4.69, 9.17) is 5.26 Å². The first kappa shape index (κ1) is 15.9. The first-order valence-electron chi connectivity index (χ1n) is 6.73. The van der Waals surface area contributed by atoms with Crippen molar-refractivity contribution in [3.05, 3.63) is 59.7 Å². The number of anilines is 2. The zero-order valence-electron chi connectivity index (χ0n) is 12.3. The first-order valence-corrected chi connectivity index (χ1v) is 6.73. The third-order valence-corrected chi connectivity index (χ3v) is 2.98. The van der Waals surface area contributed by atoms with Gasteiger partial charge >= 0.3 is 11.8 Å². The Balaban J connectivity index is 2.05. The molecule has 2 rings (SSSR count). The third kappa shape index (κ3) is 4.25. The number of carbonyl (C=O) groups is 3. The van der Waals surface area contributed by atoms with Crippen molar-refractivity contribution in [1.29, 1.82) is 5.26 Å². The minimum absolute atomic E-state index is 0.140. The molecule has 0 bridgehead atoms. The lowest BCUT2D eigenvalue weighted by Gasteiger charge is -2.07. The van der Waals surface area contributed by atoms with Crippen molar-refractivity contribution in [3.8, 4) is 6.07 Å². The third-order valence-electron chi connectivity index (χ3n) is 2.98. The molecule has 23 heavy (non-hydrogen) atoms. The van der Waals surface area contributed by atoms with E-state index in [0.29, 0.717) is 22.5 Å². The lowest BCUT2D eigenvalue weighted by molar-refractivity contribution is -0.132. The van der Waals surface area contributed by atoms with E-state index in [9.17, 15) is 14.4 Å². The second-order valence-electron chi connectivity index (χ2n) is 4.74. The molecule has 0 aliphatic heterocycles. The van der Waals surface area contributed by atoms with Crippen molar-refractivity contribution in [2.45, 2.75) is 6.92 Å². The largest absolute Gasteiger partial charge is 0.318 e. The summed E-state index contributed by atoms with van der Waals surface area (Å²) in [7, 11) is 0. The number of nitrogens with zero attached hydrogens (tertiary/aromatic N) is 1. The van der Waals surface area contributed by atoms with Crippen LogP contribution in [-0.2, 0) is 9.59 Å². The summed E-state index contributed by atoms with van der Waals surface area (Å²) in [4.78, 5) is 35.0. The highest BCUT2D eigenvalue weighted by atomic mass is 16.2. The van der Waals surface area contributed by atoms with Crippen LogP contribution in [0.2, 0.25) is 0 Å². The van der Waals surface area contributed by atoms with Crippen molar-refractivity contribution in [2.24, 2.45) is 0 Å². The van der Waals surface area contributed by atoms with E-state index in [1.165, 1.54) is 19.1 Å². The summed E-state index contributed by atoms with van der Waals surface area (Å²) in [6, 6.07) is 14.5. The van der Waals surface area contributed by atoms with Gasteiger partial charge in [-0.25, -0.2) is 0 Å². The van der Waals surface area contributed by atoms with E-state index in [1.807, 2.05) is 6.07 Å². The van der Waals surface area contributed by atoms with Crippen LogP contribution < -0.4 is 10.6 Å². The van der Waals surface area contributed by atoms with Gasteiger partial charge in [0.2, 0.25) is 0 Å². The maximum absolute atomic E-state index is 11.9. The van der Waals surface area contributed by atoms with Crippen LogP contribution in [0.5, 0.6) is 0 Å². The zero-order chi connectivity index (χ0) is 16.8. The summed E-state index contributed by atoms with van der Waals surface area (Å²) < 4.78 is 0. The van der Waals surface area contributed by atoms with Crippen LogP contribution in [0, 0.1) is 11.3 Å². The summed E-state index contributed by atoms with van der Waals surface area (Å²) in [5, 5.41) is 13.6. The Morgan fingerprint density at radius 1 is 0.913 bits per heavy atom. The lowest BCUT2D eigenvalue weighted by Crippen LogP contribution is -2.29. The number of benzene rings is 2. The predicted molar refractivity (Wildman–Crippen MR) is 84.9 cm³/mol. The summed E-state index contributed by atoms with van der Waals surface area (Å²) >= 11 is 0. The van der Waals surface area contributed by atoms with E-state index in [0.717, 1.165) is 0 Å². The molecule has 0 saturated carbocycles. The molecule has 0 saturated heterocycles. The van der Waals surface area contributed by atoms with Gasteiger partial charge < -0.3 is 10.6 Å².